The van der Waals surface area contributed by atoms with Gasteiger partial charge < -0.3 is 5.32 Å². The minimum atomic E-state index is 0.601. The SMILES string of the molecule is CNCC1CCC(C)CC1c1ccnn1-c1ccccc1. The number of hydrogen-bond acceptors (Lipinski definition) is 2. The first-order chi connectivity index (χ1) is 10.3. The van der Waals surface area contributed by atoms with E-state index < -0.39 is 0 Å². The van der Waals surface area contributed by atoms with Crippen LogP contribution >= 0.6 is 0 Å². The van der Waals surface area contributed by atoms with Crippen molar-refractivity contribution in [1.29, 1.82) is 0 Å². The van der Waals surface area contributed by atoms with E-state index >= 15 is 0 Å². The van der Waals surface area contributed by atoms with Gasteiger partial charge in [-0.05, 0) is 56.5 Å². The molecule has 1 heterocycles. The molecular weight excluding hydrogens is 258 g/mol. The highest BCUT2D eigenvalue weighted by Crippen LogP contribution is 2.40. The summed E-state index contributed by atoms with van der Waals surface area (Å²) in [6.07, 6.45) is 5.87. The molecule has 3 nitrogen and oxygen atoms in total. The van der Waals surface area contributed by atoms with Crippen LogP contribution in [0.25, 0.3) is 5.69 Å². The van der Waals surface area contributed by atoms with E-state index in [2.05, 4.69) is 65.5 Å². The Morgan fingerprint density at radius 1 is 1.19 bits per heavy atom. The summed E-state index contributed by atoms with van der Waals surface area (Å²) in [4.78, 5) is 0. The Morgan fingerprint density at radius 3 is 2.76 bits per heavy atom. The summed E-state index contributed by atoms with van der Waals surface area (Å²) in [5, 5.41) is 7.95. The number of rotatable bonds is 4. The molecule has 1 aromatic heterocycles. The van der Waals surface area contributed by atoms with Gasteiger partial charge in [-0.15, -0.1) is 0 Å². The van der Waals surface area contributed by atoms with Gasteiger partial charge in [-0.3, -0.25) is 0 Å². The molecule has 3 rings (SSSR count). The Morgan fingerprint density at radius 2 is 2.00 bits per heavy atom. The van der Waals surface area contributed by atoms with Crippen molar-refractivity contribution in [3.63, 3.8) is 0 Å². The molecule has 3 unspecified atom stereocenters. The lowest BCUT2D eigenvalue weighted by atomic mass is 9.73. The summed E-state index contributed by atoms with van der Waals surface area (Å²) >= 11 is 0. The van der Waals surface area contributed by atoms with Crippen LogP contribution in [0, 0.1) is 11.8 Å². The highest BCUT2D eigenvalue weighted by molar-refractivity contribution is 5.33. The van der Waals surface area contributed by atoms with E-state index in [9.17, 15) is 0 Å². The van der Waals surface area contributed by atoms with E-state index in [4.69, 9.17) is 0 Å². The molecule has 1 aromatic carbocycles. The second-order valence-electron chi connectivity index (χ2n) is 6.35. The fourth-order valence-corrected chi connectivity index (χ4v) is 3.69. The molecule has 1 N–H and O–H groups in total. The number of hydrogen-bond donors (Lipinski definition) is 1. The Kier molecular flexibility index (Phi) is 4.39. The maximum Gasteiger partial charge on any atom is 0.0648 e. The van der Waals surface area contributed by atoms with Crippen molar-refractivity contribution in [2.75, 3.05) is 13.6 Å². The lowest BCUT2D eigenvalue weighted by Gasteiger charge is -2.35. The first-order valence-corrected chi connectivity index (χ1v) is 8.03. The van der Waals surface area contributed by atoms with Crippen LogP contribution in [0.4, 0.5) is 0 Å². The van der Waals surface area contributed by atoms with Crippen LogP contribution in [-0.2, 0) is 0 Å². The monoisotopic (exact) mass is 283 g/mol. The Hall–Kier alpha value is -1.61. The molecule has 2 aromatic rings. The van der Waals surface area contributed by atoms with Gasteiger partial charge in [0.05, 0.1) is 5.69 Å². The van der Waals surface area contributed by atoms with Crippen molar-refractivity contribution in [1.82, 2.24) is 15.1 Å². The maximum atomic E-state index is 4.58. The lowest BCUT2D eigenvalue weighted by Crippen LogP contribution is -2.31. The predicted octanol–water partition coefficient (Wildman–Crippen LogP) is 3.61. The van der Waals surface area contributed by atoms with Crippen molar-refractivity contribution in [2.24, 2.45) is 11.8 Å². The minimum absolute atomic E-state index is 0.601. The predicted molar refractivity (Wildman–Crippen MR) is 86.7 cm³/mol. The van der Waals surface area contributed by atoms with E-state index in [0.717, 1.165) is 12.5 Å². The van der Waals surface area contributed by atoms with Gasteiger partial charge in [0.2, 0.25) is 0 Å². The summed E-state index contributed by atoms with van der Waals surface area (Å²) < 4.78 is 2.13. The summed E-state index contributed by atoms with van der Waals surface area (Å²) in [5.41, 5.74) is 2.53. The van der Waals surface area contributed by atoms with Gasteiger partial charge in [-0.25, -0.2) is 4.68 Å². The first-order valence-electron chi connectivity index (χ1n) is 8.03. The second kappa shape index (κ2) is 6.44. The molecule has 1 aliphatic rings. The van der Waals surface area contributed by atoms with Crippen molar-refractivity contribution in [3.05, 3.63) is 48.3 Å². The summed E-state index contributed by atoms with van der Waals surface area (Å²) in [6.45, 7) is 3.48. The summed E-state index contributed by atoms with van der Waals surface area (Å²) in [7, 11) is 2.06. The van der Waals surface area contributed by atoms with Gasteiger partial charge in [0.1, 0.15) is 0 Å². The molecule has 0 radical (unpaired) electrons. The number of nitrogens with zero attached hydrogens (tertiary/aromatic N) is 2. The molecule has 0 aliphatic heterocycles. The third kappa shape index (κ3) is 3.03. The van der Waals surface area contributed by atoms with Gasteiger partial charge in [0.25, 0.3) is 0 Å². The highest BCUT2D eigenvalue weighted by atomic mass is 15.3. The van der Waals surface area contributed by atoms with E-state index in [-0.39, 0.29) is 0 Å². The van der Waals surface area contributed by atoms with Crippen LogP contribution in [0.15, 0.2) is 42.6 Å². The van der Waals surface area contributed by atoms with Crippen LogP contribution in [0.2, 0.25) is 0 Å². The van der Waals surface area contributed by atoms with Crippen molar-refractivity contribution in [3.8, 4) is 5.69 Å². The smallest absolute Gasteiger partial charge is 0.0648 e. The van der Waals surface area contributed by atoms with Crippen molar-refractivity contribution < 1.29 is 0 Å². The molecule has 3 atom stereocenters. The van der Waals surface area contributed by atoms with Gasteiger partial charge >= 0.3 is 0 Å². The number of aromatic nitrogens is 2. The van der Waals surface area contributed by atoms with E-state index in [0.29, 0.717) is 11.8 Å². The van der Waals surface area contributed by atoms with Crippen molar-refractivity contribution in [2.45, 2.75) is 32.1 Å². The van der Waals surface area contributed by atoms with Crippen LogP contribution in [0.3, 0.4) is 0 Å². The van der Waals surface area contributed by atoms with Crippen LogP contribution < -0.4 is 5.32 Å². The standard InChI is InChI=1S/C18H25N3/c1-14-8-9-15(13-19-2)17(12-14)18-10-11-20-21(18)16-6-4-3-5-7-16/h3-7,10-11,14-15,17,19H,8-9,12-13H2,1-2H3. The molecule has 0 bridgehead atoms. The molecule has 112 valence electrons. The zero-order chi connectivity index (χ0) is 14.7. The lowest BCUT2D eigenvalue weighted by molar-refractivity contribution is 0.239. The fourth-order valence-electron chi connectivity index (χ4n) is 3.69. The molecular formula is C18H25N3. The maximum absolute atomic E-state index is 4.58. The van der Waals surface area contributed by atoms with Crippen molar-refractivity contribution >= 4 is 0 Å². The number of nitrogens with one attached hydrogen (secondary N) is 1. The van der Waals surface area contributed by atoms with Crippen LogP contribution in [0.1, 0.15) is 37.8 Å². The van der Waals surface area contributed by atoms with Crippen LogP contribution in [0.5, 0.6) is 0 Å². The Bertz CT molecular complexity index is 561. The van der Waals surface area contributed by atoms with Gasteiger partial charge in [-0.2, -0.15) is 5.10 Å². The molecule has 0 amide bonds. The third-order valence-corrected chi connectivity index (χ3v) is 4.77. The number of para-hydroxylation sites is 1. The molecule has 1 saturated carbocycles. The molecule has 0 spiro atoms. The Labute approximate surface area is 127 Å². The molecule has 3 heteroatoms. The fraction of sp³-hybridized carbons (Fsp3) is 0.500. The highest BCUT2D eigenvalue weighted by Gasteiger charge is 2.31. The molecule has 1 fully saturated rings. The average Bonchev–Trinajstić information content (AvgIpc) is 2.99. The largest absolute Gasteiger partial charge is 0.319 e. The number of benzene rings is 1. The first kappa shape index (κ1) is 14.3. The summed E-state index contributed by atoms with van der Waals surface area (Å²) in [6, 6.07) is 12.7. The van der Waals surface area contributed by atoms with E-state index in [1.807, 2.05) is 6.20 Å². The van der Waals surface area contributed by atoms with E-state index in [1.165, 1.54) is 30.6 Å². The third-order valence-electron chi connectivity index (χ3n) is 4.77. The summed E-state index contributed by atoms with van der Waals surface area (Å²) in [5.74, 6) is 2.12. The van der Waals surface area contributed by atoms with Gasteiger partial charge in [0.15, 0.2) is 0 Å². The zero-order valence-corrected chi connectivity index (χ0v) is 13.0. The minimum Gasteiger partial charge on any atom is -0.319 e. The van der Waals surface area contributed by atoms with Crippen LogP contribution in [-0.4, -0.2) is 23.4 Å². The molecule has 1 aliphatic carbocycles. The van der Waals surface area contributed by atoms with E-state index in [1.54, 1.807) is 0 Å². The Balaban J connectivity index is 1.93. The second-order valence-corrected chi connectivity index (χ2v) is 6.35. The van der Waals surface area contributed by atoms with Gasteiger partial charge in [0, 0.05) is 17.8 Å². The quantitative estimate of drug-likeness (QED) is 0.929. The van der Waals surface area contributed by atoms with Gasteiger partial charge in [-0.1, -0.05) is 31.5 Å². The topological polar surface area (TPSA) is 29.9 Å². The molecule has 0 saturated heterocycles. The molecule has 21 heavy (non-hydrogen) atoms. The zero-order valence-electron chi connectivity index (χ0n) is 13.0. The average molecular weight is 283 g/mol. The normalized spacial score (nSPS) is 25.9.